The quantitative estimate of drug-likeness (QED) is 0.155. The number of nitrogens with one attached hydrogen (secondary N) is 2. The molecule has 262 valence electrons. The number of primary sulfonamides is 1. The number of carbonyl (C=O) groups is 2. The number of nitrogens with two attached hydrogens (primary N) is 1. The van der Waals surface area contributed by atoms with Crippen molar-refractivity contribution in [3.8, 4) is 0 Å². The highest BCUT2D eigenvalue weighted by molar-refractivity contribution is 7.89. The normalized spacial score (nSPS) is 13.2. The number of hydrazine groups is 1. The van der Waals surface area contributed by atoms with E-state index in [4.69, 9.17) is 5.14 Å². The van der Waals surface area contributed by atoms with Gasteiger partial charge in [0, 0.05) is 43.9 Å². The second-order valence-corrected chi connectivity index (χ2v) is 14.7. The van der Waals surface area contributed by atoms with Gasteiger partial charge in [-0.1, -0.05) is 44.2 Å². The van der Waals surface area contributed by atoms with Gasteiger partial charge in [0.2, 0.25) is 20.0 Å². The molecule has 0 saturated carbocycles. The number of hydrogen-bond donors (Lipinski definition) is 4. The molecule has 3 rings (SSSR count). The standard InChI is InChI=1S/C32H41F2N5O7S2/c1-4-11-39(12-5-2)32(42)25-16-24(17-28(18-25)48(35,45)46)31(41)36-29(15-23-13-26(33)19-27(34)14-23)30(40)20-38(3)37-47(43,44)21-22-9-7-6-8-10-22/h6-10,13-14,16-19,29-30,37,40H,4-5,11-12,15,20-21H2,1-3H3,(H,36,41)(H2,35,45,46). The maximum absolute atomic E-state index is 14.1. The van der Waals surface area contributed by atoms with Gasteiger partial charge >= 0.3 is 0 Å². The Bertz CT molecular complexity index is 1770. The summed E-state index contributed by atoms with van der Waals surface area (Å²) in [7, 11) is -6.95. The number of nitrogens with zero attached hydrogens (tertiary/aromatic N) is 2. The molecule has 0 aliphatic heterocycles. The minimum absolute atomic E-state index is 0.0630. The Morgan fingerprint density at radius 3 is 2.02 bits per heavy atom. The third kappa shape index (κ3) is 11.7. The zero-order valence-electron chi connectivity index (χ0n) is 26.9. The molecule has 0 aromatic heterocycles. The third-order valence-electron chi connectivity index (χ3n) is 7.13. The maximum Gasteiger partial charge on any atom is 0.253 e. The van der Waals surface area contributed by atoms with E-state index in [1.54, 1.807) is 30.3 Å². The van der Waals surface area contributed by atoms with Crippen LogP contribution in [0.15, 0.2) is 71.6 Å². The zero-order valence-corrected chi connectivity index (χ0v) is 28.5. The lowest BCUT2D eigenvalue weighted by Gasteiger charge is -2.28. The first-order valence-corrected chi connectivity index (χ1v) is 18.4. The predicted octanol–water partition coefficient (Wildman–Crippen LogP) is 2.54. The monoisotopic (exact) mass is 709 g/mol. The average Bonchev–Trinajstić information content (AvgIpc) is 2.99. The first-order chi connectivity index (χ1) is 22.5. The molecule has 2 unspecified atom stereocenters. The summed E-state index contributed by atoms with van der Waals surface area (Å²) in [4.78, 5) is 30.3. The van der Waals surface area contributed by atoms with E-state index in [-0.39, 0.29) is 35.4 Å². The van der Waals surface area contributed by atoms with Crippen molar-refractivity contribution in [3.05, 3.63) is 101 Å². The fraction of sp³-hybridized carbons (Fsp3) is 0.375. The minimum Gasteiger partial charge on any atom is -0.390 e. The van der Waals surface area contributed by atoms with Gasteiger partial charge in [0.1, 0.15) is 11.6 Å². The lowest BCUT2D eigenvalue weighted by Crippen LogP contribution is -2.52. The molecular weight excluding hydrogens is 669 g/mol. The van der Waals surface area contributed by atoms with Crippen molar-refractivity contribution in [1.29, 1.82) is 0 Å². The van der Waals surface area contributed by atoms with E-state index in [9.17, 15) is 40.3 Å². The molecule has 0 aliphatic rings. The molecule has 12 nitrogen and oxygen atoms in total. The minimum atomic E-state index is -4.38. The Balaban J connectivity index is 1.92. The van der Waals surface area contributed by atoms with Crippen molar-refractivity contribution < 1.29 is 40.3 Å². The van der Waals surface area contributed by atoms with Gasteiger partial charge in [0.15, 0.2) is 0 Å². The van der Waals surface area contributed by atoms with Crippen LogP contribution in [-0.4, -0.2) is 82.5 Å². The van der Waals surface area contributed by atoms with Gasteiger partial charge < -0.3 is 15.3 Å². The molecule has 2 amide bonds. The van der Waals surface area contributed by atoms with Crippen LogP contribution in [0.25, 0.3) is 0 Å². The number of aliphatic hydroxyl groups excluding tert-OH is 1. The summed E-state index contributed by atoms with van der Waals surface area (Å²) in [5.74, 6) is -3.60. The van der Waals surface area contributed by atoms with Crippen LogP contribution in [0.1, 0.15) is 58.5 Å². The number of likely N-dealkylation sites (N-methyl/N-ethyl adjacent to an activating group) is 1. The number of amides is 2. The number of rotatable bonds is 17. The van der Waals surface area contributed by atoms with Gasteiger partial charge in [-0.3, -0.25) is 9.59 Å². The number of aliphatic hydroxyl groups is 1. The molecule has 3 aromatic carbocycles. The Labute approximate surface area is 280 Å². The highest BCUT2D eigenvalue weighted by atomic mass is 32.2. The Hall–Kier alpha value is -3.80. The summed E-state index contributed by atoms with van der Waals surface area (Å²) in [6, 6.07) is 13.0. The molecule has 3 aromatic rings. The third-order valence-corrected chi connectivity index (χ3v) is 9.33. The van der Waals surface area contributed by atoms with E-state index in [1.807, 2.05) is 13.8 Å². The van der Waals surface area contributed by atoms with E-state index in [1.165, 1.54) is 18.0 Å². The molecule has 16 heteroatoms. The summed E-state index contributed by atoms with van der Waals surface area (Å²) in [5, 5.41) is 20.2. The molecule has 0 fully saturated rings. The van der Waals surface area contributed by atoms with E-state index in [2.05, 4.69) is 10.1 Å². The van der Waals surface area contributed by atoms with Crippen molar-refractivity contribution in [1.82, 2.24) is 20.1 Å². The SMILES string of the molecule is CCCN(CCC)C(=O)c1cc(C(=O)NC(Cc2cc(F)cc(F)c2)C(O)CN(C)NS(=O)(=O)Cc2ccccc2)cc(S(N)(=O)=O)c1. The molecular formula is C32H41F2N5O7S2. The van der Waals surface area contributed by atoms with Gasteiger partial charge in [0.25, 0.3) is 11.8 Å². The van der Waals surface area contributed by atoms with Crippen LogP contribution in [0.4, 0.5) is 8.78 Å². The summed E-state index contributed by atoms with van der Waals surface area (Å²) in [5.41, 5.74) is 0.195. The maximum atomic E-state index is 14.1. The van der Waals surface area contributed by atoms with Gasteiger partial charge in [-0.2, -0.15) is 0 Å². The van der Waals surface area contributed by atoms with Crippen molar-refractivity contribution in [2.75, 3.05) is 26.7 Å². The largest absolute Gasteiger partial charge is 0.390 e. The first kappa shape index (κ1) is 38.6. The predicted molar refractivity (Wildman–Crippen MR) is 176 cm³/mol. The smallest absolute Gasteiger partial charge is 0.253 e. The Morgan fingerprint density at radius 2 is 1.46 bits per heavy atom. The lowest BCUT2D eigenvalue weighted by molar-refractivity contribution is 0.0687. The van der Waals surface area contributed by atoms with Crippen molar-refractivity contribution in [2.45, 2.75) is 55.9 Å². The fourth-order valence-electron chi connectivity index (χ4n) is 5.08. The van der Waals surface area contributed by atoms with E-state index < -0.39 is 60.5 Å². The number of halogens is 2. The van der Waals surface area contributed by atoms with Crippen LogP contribution >= 0.6 is 0 Å². The van der Waals surface area contributed by atoms with Gasteiger partial charge in [0.05, 0.1) is 22.8 Å². The Kier molecular flexibility index (Phi) is 13.7. The second-order valence-electron chi connectivity index (χ2n) is 11.4. The van der Waals surface area contributed by atoms with E-state index >= 15 is 0 Å². The highest BCUT2D eigenvalue weighted by Gasteiger charge is 2.27. The van der Waals surface area contributed by atoms with E-state index in [0.717, 1.165) is 29.3 Å². The highest BCUT2D eigenvalue weighted by Crippen LogP contribution is 2.19. The molecule has 0 saturated heterocycles. The summed E-state index contributed by atoms with van der Waals surface area (Å²) < 4.78 is 78.3. The van der Waals surface area contributed by atoms with Crippen LogP contribution in [0, 0.1) is 11.6 Å². The molecule has 0 radical (unpaired) electrons. The number of sulfonamides is 2. The van der Waals surface area contributed by atoms with E-state index in [0.29, 0.717) is 37.6 Å². The molecule has 0 bridgehead atoms. The van der Waals surface area contributed by atoms with Crippen molar-refractivity contribution >= 4 is 31.9 Å². The van der Waals surface area contributed by atoms with Crippen LogP contribution in [0.3, 0.4) is 0 Å². The van der Waals surface area contributed by atoms with Crippen LogP contribution in [0.2, 0.25) is 0 Å². The molecule has 0 spiro atoms. The number of benzene rings is 3. The van der Waals surface area contributed by atoms with Crippen LogP contribution in [-0.2, 0) is 32.2 Å². The van der Waals surface area contributed by atoms with Crippen molar-refractivity contribution in [3.63, 3.8) is 0 Å². The first-order valence-electron chi connectivity index (χ1n) is 15.2. The molecule has 0 aliphatic carbocycles. The summed E-state index contributed by atoms with van der Waals surface area (Å²) in [6.07, 6.45) is -0.583. The summed E-state index contributed by atoms with van der Waals surface area (Å²) >= 11 is 0. The second kappa shape index (κ2) is 17.0. The van der Waals surface area contributed by atoms with Gasteiger partial charge in [-0.25, -0.2) is 35.8 Å². The molecule has 0 heterocycles. The average molecular weight is 710 g/mol. The Morgan fingerprint density at radius 1 is 0.875 bits per heavy atom. The lowest BCUT2D eigenvalue weighted by atomic mass is 9.99. The molecule has 48 heavy (non-hydrogen) atoms. The fourth-order valence-corrected chi connectivity index (χ4v) is 6.91. The van der Waals surface area contributed by atoms with Crippen LogP contribution in [0.5, 0.6) is 0 Å². The van der Waals surface area contributed by atoms with Gasteiger partial charge in [-0.05, 0) is 60.7 Å². The van der Waals surface area contributed by atoms with Crippen molar-refractivity contribution in [2.24, 2.45) is 5.14 Å². The zero-order chi connectivity index (χ0) is 35.6. The topological polar surface area (TPSA) is 179 Å². The van der Waals surface area contributed by atoms with Crippen LogP contribution < -0.4 is 15.3 Å². The summed E-state index contributed by atoms with van der Waals surface area (Å²) in [6.45, 7) is 4.12. The number of hydrogen-bond acceptors (Lipinski definition) is 8. The molecule has 2 atom stereocenters. The molecule has 5 N–H and O–H groups in total. The van der Waals surface area contributed by atoms with Gasteiger partial charge in [-0.15, -0.1) is 4.83 Å². The number of carbonyl (C=O) groups excluding carboxylic acids is 2.